The predicted octanol–water partition coefficient (Wildman–Crippen LogP) is 0.584. The molecule has 0 bridgehead atoms. The van der Waals surface area contributed by atoms with Gasteiger partial charge in [-0.15, -0.1) is 0 Å². The Hall–Kier alpha value is -3.19. The van der Waals surface area contributed by atoms with Crippen LogP contribution in [0.2, 0.25) is 5.02 Å². The zero-order chi connectivity index (χ0) is 18.2. The summed E-state index contributed by atoms with van der Waals surface area (Å²) < 4.78 is 0. The maximum absolute atomic E-state index is 11.8. The first-order chi connectivity index (χ1) is 12.0. The summed E-state index contributed by atoms with van der Waals surface area (Å²) >= 11 is 5.79. The Morgan fingerprint density at radius 1 is 1.08 bits per heavy atom. The van der Waals surface area contributed by atoms with Gasteiger partial charge in [0.15, 0.2) is 0 Å². The highest BCUT2D eigenvalue weighted by Gasteiger charge is 2.07. The number of nitrogens with zero attached hydrogens (tertiary/aromatic N) is 1. The van der Waals surface area contributed by atoms with E-state index >= 15 is 0 Å². The molecule has 0 aliphatic heterocycles. The first-order valence-electron chi connectivity index (χ1n) is 7.13. The van der Waals surface area contributed by atoms with Gasteiger partial charge in [-0.1, -0.05) is 41.9 Å². The molecule has 0 saturated heterocycles. The van der Waals surface area contributed by atoms with Gasteiger partial charge in [-0.3, -0.25) is 9.59 Å². The first-order valence-corrected chi connectivity index (χ1v) is 7.50. The Balaban J connectivity index is 1.80. The smallest absolute Gasteiger partial charge is 0.259 e. The Labute approximate surface area is 148 Å². The molecule has 128 valence electrons. The van der Waals surface area contributed by atoms with Crippen LogP contribution in [0.1, 0.15) is 26.3 Å². The number of hydrogen-bond acceptors (Lipinski definition) is 5. The van der Waals surface area contributed by atoms with Crippen LogP contribution in [0.15, 0.2) is 53.6 Å². The molecule has 2 rings (SSSR count). The molecule has 7 nitrogen and oxygen atoms in total. The number of hydrazone groups is 1. The monoisotopic (exact) mass is 358 g/mol. The maximum atomic E-state index is 11.8. The lowest BCUT2D eigenvalue weighted by Crippen LogP contribution is -2.34. The molecule has 0 fully saturated rings. The molecule has 0 saturated carbocycles. The van der Waals surface area contributed by atoms with Gasteiger partial charge in [0, 0.05) is 10.6 Å². The third kappa shape index (κ3) is 5.74. The molecule has 2 aromatic carbocycles. The van der Waals surface area contributed by atoms with Gasteiger partial charge in [0.2, 0.25) is 0 Å². The highest BCUT2D eigenvalue weighted by Crippen LogP contribution is 2.10. The molecule has 2 aromatic rings. The van der Waals surface area contributed by atoms with Crippen LogP contribution < -0.4 is 15.8 Å². The van der Waals surface area contributed by atoms with Crippen LogP contribution >= 0.6 is 11.6 Å². The molecular formula is C17H13ClN3O4-. The number of benzene rings is 2. The predicted molar refractivity (Wildman–Crippen MR) is 90.3 cm³/mol. The molecule has 0 atom stereocenters. The average Bonchev–Trinajstić information content (AvgIpc) is 2.60. The van der Waals surface area contributed by atoms with Crippen LogP contribution in [0.3, 0.4) is 0 Å². The van der Waals surface area contributed by atoms with Crippen LogP contribution in [0.4, 0.5) is 0 Å². The minimum Gasteiger partial charge on any atom is -0.545 e. The van der Waals surface area contributed by atoms with Gasteiger partial charge >= 0.3 is 0 Å². The van der Waals surface area contributed by atoms with Gasteiger partial charge in [-0.05, 0) is 29.3 Å². The second-order valence-corrected chi connectivity index (χ2v) is 5.33. The van der Waals surface area contributed by atoms with E-state index in [-0.39, 0.29) is 12.1 Å². The minimum absolute atomic E-state index is 0.0462. The van der Waals surface area contributed by atoms with E-state index in [1.54, 1.807) is 18.2 Å². The van der Waals surface area contributed by atoms with Crippen LogP contribution in [0.25, 0.3) is 0 Å². The first kappa shape index (κ1) is 18.2. The van der Waals surface area contributed by atoms with E-state index < -0.39 is 17.8 Å². The third-order valence-corrected chi connectivity index (χ3v) is 3.28. The lowest BCUT2D eigenvalue weighted by Gasteiger charge is -2.04. The Kier molecular flexibility index (Phi) is 6.25. The van der Waals surface area contributed by atoms with Crippen molar-refractivity contribution < 1.29 is 19.5 Å². The van der Waals surface area contributed by atoms with Gasteiger partial charge in [-0.2, -0.15) is 5.10 Å². The minimum atomic E-state index is -1.27. The van der Waals surface area contributed by atoms with Crippen molar-refractivity contribution in [2.75, 3.05) is 6.54 Å². The highest BCUT2D eigenvalue weighted by molar-refractivity contribution is 6.31. The fourth-order valence-corrected chi connectivity index (χ4v) is 2.01. The van der Waals surface area contributed by atoms with E-state index in [4.69, 9.17) is 11.6 Å². The van der Waals surface area contributed by atoms with Crippen molar-refractivity contribution in [1.29, 1.82) is 0 Å². The number of aromatic carboxylic acids is 1. The Morgan fingerprint density at radius 2 is 1.80 bits per heavy atom. The molecule has 0 aliphatic rings. The Bertz CT molecular complexity index is 819. The van der Waals surface area contributed by atoms with Crippen molar-refractivity contribution in [3.8, 4) is 0 Å². The van der Waals surface area contributed by atoms with E-state index in [0.29, 0.717) is 16.1 Å². The fraction of sp³-hybridized carbons (Fsp3) is 0.0588. The molecule has 0 spiro atoms. The van der Waals surface area contributed by atoms with Gasteiger partial charge in [0.25, 0.3) is 11.8 Å². The lowest BCUT2D eigenvalue weighted by molar-refractivity contribution is -0.255. The van der Waals surface area contributed by atoms with Crippen molar-refractivity contribution in [1.82, 2.24) is 10.7 Å². The Morgan fingerprint density at radius 3 is 2.44 bits per heavy atom. The molecule has 8 heteroatoms. The van der Waals surface area contributed by atoms with E-state index in [2.05, 4.69) is 15.8 Å². The SMILES string of the molecule is O=C(CNC(=O)c1cccc(Cl)c1)N/N=C\c1ccc(C(=O)[O-])cc1. The number of nitrogens with one attached hydrogen (secondary N) is 2. The summed E-state index contributed by atoms with van der Waals surface area (Å²) in [5.41, 5.74) is 3.23. The molecule has 0 aromatic heterocycles. The summed E-state index contributed by atoms with van der Waals surface area (Å²) in [5.74, 6) is -2.22. The number of halogens is 1. The van der Waals surface area contributed by atoms with Crippen molar-refractivity contribution >= 4 is 35.6 Å². The topological polar surface area (TPSA) is 111 Å². The number of carboxylic acid groups (broad SMARTS) is 1. The summed E-state index contributed by atoms with van der Waals surface area (Å²) in [7, 11) is 0. The molecule has 0 unspecified atom stereocenters. The summed E-state index contributed by atoms with van der Waals surface area (Å²) in [6, 6.07) is 12.1. The van der Waals surface area contributed by atoms with Crippen LogP contribution in [-0.2, 0) is 4.79 Å². The van der Waals surface area contributed by atoms with E-state index in [9.17, 15) is 19.5 Å². The third-order valence-electron chi connectivity index (χ3n) is 3.05. The summed E-state index contributed by atoms with van der Waals surface area (Å²) in [5, 5.41) is 17.2. The van der Waals surface area contributed by atoms with Crippen molar-refractivity contribution in [3.63, 3.8) is 0 Å². The highest BCUT2D eigenvalue weighted by atomic mass is 35.5. The fourth-order valence-electron chi connectivity index (χ4n) is 1.82. The number of carbonyl (C=O) groups excluding carboxylic acids is 3. The standard InChI is InChI=1S/C17H14ClN3O4/c18-14-3-1-2-13(8-14)16(23)19-10-15(22)21-20-9-11-4-6-12(7-5-11)17(24)25/h1-9H,10H2,(H,19,23)(H,21,22)(H,24,25)/p-1/b20-9-. The van der Waals surface area contributed by atoms with Gasteiger partial charge in [0.1, 0.15) is 0 Å². The second kappa shape index (κ2) is 8.60. The number of carbonyl (C=O) groups is 3. The van der Waals surface area contributed by atoms with E-state index in [0.717, 1.165) is 0 Å². The lowest BCUT2D eigenvalue weighted by atomic mass is 10.1. The molecular weight excluding hydrogens is 346 g/mol. The summed E-state index contributed by atoms with van der Waals surface area (Å²) in [4.78, 5) is 34.1. The summed E-state index contributed by atoms with van der Waals surface area (Å²) in [6.45, 7) is -0.258. The van der Waals surface area contributed by atoms with Crippen LogP contribution in [-0.4, -0.2) is 30.5 Å². The normalized spacial score (nSPS) is 10.4. The van der Waals surface area contributed by atoms with Crippen molar-refractivity contribution in [2.45, 2.75) is 0 Å². The zero-order valence-electron chi connectivity index (χ0n) is 12.9. The second-order valence-electron chi connectivity index (χ2n) is 4.90. The molecule has 0 heterocycles. The van der Waals surface area contributed by atoms with Crippen molar-refractivity contribution in [3.05, 3.63) is 70.2 Å². The molecule has 0 aliphatic carbocycles. The number of hydrogen-bond donors (Lipinski definition) is 2. The van der Waals surface area contributed by atoms with Gasteiger partial charge in [0.05, 0.1) is 18.7 Å². The molecule has 2 N–H and O–H groups in total. The largest absolute Gasteiger partial charge is 0.545 e. The maximum Gasteiger partial charge on any atom is 0.259 e. The average molecular weight is 359 g/mol. The van der Waals surface area contributed by atoms with Crippen molar-refractivity contribution in [2.24, 2.45) is 5.10 Å². The molecule has 2 amide bonds. The number of amides is 2. The summed E-state index contributed by atoms with van der Waals surface area (Å²) in [6.07, 6.45) is 1.34. The number of carboxylic acids is 1. The quantitative estimate of drug-likeness (QED) is 0.581. The van der Waals surface area contributed by atoms with Gasteiger partial charge < -0.3 is 15.2 Å². The number of rotatable bonds is 6. The van der Waals surface area contributed by atoms with Gasteiger partial charge in [-0.25, -0.2) is 5.43 Å². The molecule has 0 radical (unpaired) electrons. The van der Waals surface area contributed by atoms with Crippen LogP contribution in [0.5, 0.6) is 0 Å². The zero-order valence-corrected chi connectivity index (χ0v) is 13.6. The van der Waals surface area contributed by atoms with Crippen LogP contribution in [0, 0.1) is 0 Å². The molecule has 25 heavy (non-hydrogen) atoms. The van der Waals surface area contributed by atoms with E-state index in [1.165, 1.54) is 36.5 Å². The van der Waals surface area contributed by atoms with E-state index in [1.807, 2.05) is 0 Å².